The molecule has 4 nitrogen and oxygen atoms in total. The molecule has 0 saturated carbocycles. The fourth-order valence-electron chi connectivity index (χ4n) is 1.62. The third-order valence-corrected chi connectivity index (χ3v) is 2.62. The van der Waals surface area contributed by atoms with Gasteiger partial charge >= 0.3 is 5.97 Å². The highest BCUT2D eigenvalue weighted by Crippen LogP contribution is 2.21. The van der Waals surface area contributed by atoms with Crippen LogP contribution in [0.2, 0.25) is 0 Å². The van der Waals surface area contributed by atoms with Gasteiger partial charge in [-0.3, -0.25) is 0 Å². The van der Waals surface area contributed by atoms with Crippen molar-refractivity contribution in [3.05, 3.63) is 41.6 Å². The molecule has 1 heterocycles. The predicted octanol–water partition coefficient (Wildman–Crippen LogP) is 3.24. The quantitative estimate of drug-likeness (QED) is 0.903. The first-order chi connectivity index (χ1) is 9.06. The third-order valence-electron chi connectivity index (χ3n) is 2.62. The van der Waals surface area contributed by atoms with E-state index >= 15 is 0 Å². The zero-order valence-corrected chi connectivity index (χ0v) is 9.85. The lowest BCUT2D eigenvalue weighted by molar-refractivity contribution is 0.0685. The lowest BCUT2D eigenvalue weighted by Crippen LogP contribution is -1.94. The van der Waals surface area contributed by atoms with Gasteiger partial charge in [0.1, 0.15) is 0 Å². The number of halogens is 2. The van der Waals surface area contributed by atoms with Crippen LogP contribution in [0, 0.1) is 0 Å². The maximum atomic E-state index is 12.1. The van der Waals surface area contributed by atoms with E-state index in [1.807, 2.05) is 0 Å². The monoisotopic (exact) mass is 267 g/mol. The van der Waals surface area contributed by atoms with Crippen molar-refractivity contribution in [1.29, 1.82) is 0 Å². The second kappa shape index (κ2) is 5.60. The molecular weight excluding hydrogens is 256 g/mol. The Balaban J connectivity index is 2.10. The van der Waals surface area contributed by atoms with Gasteiger partial charge in [-0.2, -0.15) is 0 Å². The molecule has 0 aliphatic carbocycles. The summed E-state index contributed by atoms with van der Waals surface area (Å²) in [4.78, 5) is 10.7. The molecular formula is C13H11F2NO3. The number of aromatic nitrogens is 1. The van der Waals surface area contributed by atoms with E-state index in [9.17, 15) is 13.6 Å². The smallest absolute Gasteiger partial charge is 0.358 e. The number of carbonyl (C=O) groups is 1. The van der Waals surface area contributed by atoms with Crippen LogP contribution >= 0.6 is 0 Å². The summed E-state index contributed by atoms with van der Waals surface area (Å²) in [6, 6.07) is 8.11. The first-order valence-electron chi connectivity index (χ1n) is 5.63. The Morgan fingerprint density at radius 3 is 2.53 bits per heavy atom. The van der Waals surface area contributed by atoms with Crippen LogP contribution in [-0.2, 0) is 6.42 Å². The Kier molecular flexibility index (Phi) is 3.89. The van der Waals surface area contributed by atoms with Crippen molar-refractivity contribution in [2.24, 2.45) is 0 Å². The van der Waals surface area contributed by atoms with Gasteiger partial charge in [0.2, 0.25) is 6.43 Å². The van der Waals surface area contributed by atoms with Gasteiger partial charge in [0.15, 0.2) is 11.5 Å². The number of aromatic carboxylic acids is 1. The van der Waals surface area contributed by atoms with Crippen molar-refractivity contribution >= 4 is 5.97 Å². The number of alkyl halides is 2. The first kappa shape index (κ1) is 13.2. The molecule has 1 aromatic heterocycles. The van der Waals surface area contributed by atoms with Crippen molar-refractivity contribution in [2.45, 2.75) is 19.3 Å². The van der Waals surface area contributed by atoms with Crippen LogP contribution in [0.3, 0.4) is 0 Å². The predicted molar refractivity (Wildman–Crippen MR) is 63.2 cm³/mol. The van der Waals surface area contributed by atoms with E-state index in [1.54, 1.807) is 24.3 Å². The van der Waals surface area contributed by atoms with Gasteiger partial charge in [-0.25, -0.2) is 13.6 Å². The lowest BCUT2D eigenvalue weighted by Gasteiger charge is -2.01. The number of carboxylic acid groups (broad SMARTS) is 1. The van der Waals surface area contributed by atoms with Crippen molar-refractivity contribution < 1.29 is 23.2 Å². The summed E-state index contributed by atoms with van der Waals surface area (Å²) >= 11 is 0. The molecule has 1 N–H and O–H groups in total. The van der Waals surface area contributed by atoms with Crippen molar-refractivity contribution in [3.63, 3.8) is 0 Å². The SMILES string of the molecule is O=C(O)c1cc(-c2ccc(CCC(F)F)cc2)on1. The zero-order valence-electron chi connectivity index (χ0n) is 9.85. The van der Waals surface area contributed by atoms with E-state index in [0.29, 0.717) is 17.7 Å². The number of hydrogen-bond donors (Lipinski definition) is 1. The fraction of sp³-hybridized carbons (Fsp3) is 0.231. The van der Waals surface area contributed by atoms with Gasteiger partial charge in [-0.1, -0.05) is 29.4 Å². The molecule has 0 amide bonds. The Hall–Kier alpha value is -2.24. The molecule has 6 heteroatoms. The molecule has 0 fully saturated rings. The average Bonchev–Trinajstić information content (AvgIpc) is 2.86. The summed E-state index contributed by atoms with van der Waals surface area (Å²) in [6.45, 7) is 0. The summed E-state index contributed by atoms with van der Waals surface area (Å²) < 4.78 is 29.0. The van der Waals surface area contributed by atoms with Crippen LogP contribution in [0.15, 0.2) is 34.9 Å². The maximum Gasteiger partial charge on any atom is 0.358 e. The van der Waals surface area contributed by atoms with Crippen molar-refractivity contribution in [3.8, 4) is 11.3 Å². The number of carboxylic acids is 1. The molecule has 0 saturated heterocycles. The number of rotatable bonds is 5. The maximum absolute atomic E-state index is 12.1. The van der Waals surface area contributed by atoms with Crippen molar-refractivity contribution in [2.75, 3.05) is 0 Å². The Morgan fingerprint density at radius 2 is 2.00 bits per heavy atom. The van der Waals surface area contributed by atoms with Gasteiger partial charge in [0.25, 0.3) is 0 Å². The molecule has 2 rings (SSSR count). The second-order valence-electron chi connectivity index (χ2n) is 4.01. The molecule has 0 bridgehead atoms. The van der Waals surface area contributed by atoms with Crippen LogP contribution in [-0.4, -0.2) is 22.7 Å². The Bertz CT molecular complexity index is 564. The molecule has 0 radical (unpaired) electrons. The molecule has 1 aromatic carbocycles. The highest BCUT2D eigenvalue weighted by molar-refractivity contribution is 5.86. The number of hydrogen-bond acceptors (Lipinski definition) is 3. The van der Waals surface area contributed by atoms with Crippen LogP contribution in [0.1, 0.15) is 22.5 Å². The first-order valence-corrected chi connectivity index (χ1v) is 5.63. The topological polar surface area (TPSA) is 63.3 Å². The minimum absolute atomic E-state index is 0.170. The van der Waals surface area contributed by atoms with Crippen LogP contribution < -0.4 is 0 Å². The minimum Gasteiger partial charge on any atom is -0.476 e. The largest absolute Gasteiger partial charge is 0.476 e. The zero-order chi connectivity index (χ0) is 13.8. The van der Waals surface area contributed by atoms with Crippen molar-refractivity contribution in [1.82, 2.24) is 5.16 Å². The number of nitrogens with zero attached hydrogens (tertiary/aromatic N) is 1. The van der Waals surface area contributed by atoms with Gasteiger partial charge < -0.3 is 9.63 Å². The molecule has 2 aromatic rings. The van der Waals surface area contributed by atoms with E-state index < -0.39 is 12.4 Å². The molecule has 0 aliphatic heterocycles. The average molecular weight is 267 g/mol. The van der Waals surface area contributed by atoms with E-state index in [1.165, 1.54) is 6.07 Å². The lowest BCUT2D eigenvalue weighted by atomic mass is 10.1. The van der Waals surface area contributed by atoms with Crippen LogP contribution in [0.25, 0.3) is 11.3 Å². The summed E-state index contributed by atoms with van der Waals surface area (Å²) in [7, 11) is 0. The molecule has 19 heavy (non-hydrogen) atoms. The van der Waals surface area contributed by atoms with E-state index in [4.69, 9.17) is 9.63 Å². The van der Waals surface area contributed by atoms with Crippen LogP contribution in [0.5, 0.6) is 0 Å². The molecule has 0 aliphatic rings. The van der Waals surface area contributed by atoms with Gasteiger partial charge in [0, 0.05) is 18.1 Å². The highest BCUT2D eigenvalue weighted by atomic mass is 19.3. The molecule has 100 valence electrons. The molecule has 0 spiro atoms. The van der Waals surface area contributed by atoms with Crippen LogP contribution in [0.4, 0.5) is 8.78 Å². The summed E-state index contributed by atoms with van der Waals surface area (Å²) in [5.74, 6) is -0.832. The highest BCUT2D eigenvalue weighted by Gasteiger charge is 2.12. The summed E-state index contributed by atoms with van der Waals surface area (Å²) in [6.07, 6.45) is -2.19. The number of aryl methyl sites for hydroxylation is 1. The Morgan fingerprint density at radius 1 is 1.32 bits per heavy atom. The normalized spacial score (nSPS) is 10.9. The van der Waals surface area contributed by atoms with E-state index in [-0.39, 0.29) is 12.1 Å². The second-order valence-corrected chi connectivity index (χ2v) is 4.01. The van der Waals surface area contributed by atoms with Gasteiger partial charge in [-0.05, 0) is 12.0 Å². The van der Waals surface area contributed by atoms with Gasteiger partial charge in [-0.15, -0.1) is 0 Å². The molecule has 0 atom stereocenters. The summed E-state index contributed by atoms with van der Waals surface area (Å²) in [5, 5.41) is 12.1. The third kappa shape index (κ3) is 3.37. The fourth-order valence-corrected chi connectivity index (χ4v) is 1.62. The molecule has 0 unspecified atom stereocenters. The van der Waals surface area contributed by atoms with E-state index in [2.05, 4.69) is 5.16 Å². The number of benzene rings is 1. The minimum atomic E-state index is -2.31. The van der Waals surface area contributed by atoms with E-state index in [0.717, 1.165) is 5.56 Å². The standard InChI is InChI=1S/C13H11F2NO3/c14-12(15)6-3-8-1-4-9(5-2-8)11-7-10(13(17)18)16-19-11/h1-2,4-5,7,12H,3,6H2,(H,17,18). The Labute approximate surface area is 107 Å². The van der Waals surface area contributed by atoms with Gasteiger partial charge in [0.05, 0.1) is 0 Å². The summed E-state index contributed by atoms with van der Waals surface area (Å²) in [5.41, 5.74) is 1.28.